The van der Waals surface area contributed by atoms with E-state index in [1.807, 2.05) is 18.2 Å². The van der Waals surface area contributed by atoms with E-state index in [9.17, 15) is 0 Å². The van der Waals surface area contributed by atoms with Gasteiger partial charge in [-0.3, -0.25) is 0 Å². The normalized spacial score (nSPS) is 10.3. The lowest BCUT2D eigenvalue weighted by atomic mass is 10.1. The molecular weight excluding hydrogens is 190 g/mol. The molecule has 15 heavy (non-hydrogen) atoms. The molecule has 0 atom stereocenters. The van der Waals surface area contributed by atoms with Crippen LogP contribution >= 0.6 is 0 Å². The molecule has 0 spiro atoms. The molecule has 0 aliphatic rings. The Morgan fingerprint density at radius 3 is 2.80 bits per heavy atom. The Morgan fingerprint density at radius 2 is 2.07 bits per heavy atom. The molecule has 0 aromatic heterocycles. The average Bonchev–Trinajstić information content (AvgIpc) is 2.29. The summed E-state index contributed by atoms with van der Waals surface area (Å²) in [5.74, 6) is 0.984. The number of nitrogens with two attached hydrogens (primary N) is 1. The van der Waals surface area contributed by atoms with Crippen molar-refractivity contribution < 1.29 is 15.2 Å². The Morgan fingerprint density at radius 1 is 1.27 bits per heavy atom. The van der Waals surface area contributed by atoms with Crippen LogP contribution in [0.25, 0.3) is 0 Å². The minimum atomic E-state index is 0.228. The third kappa shape index (κ3) is 4.32. The number of ether oxygens (including phenoxy) is 1. The summed E-state index contributed by atoms with van der Waals surface area (Å²) >= 11 is 0. The van der Waals surface area contributed by atoms with Crippen LogP contribution in [0.2, 0.25) is 0 Å². The predicted octanol–water partition coefficient (Wildman–Crippen LogP) is 0.183. The summed E-state index contributed by atoms with van der Waals surface area (Å²) < 4.78 is 5.66. The summed E-state index contributed by atoms with van der Waals surface area (Å²) in [6, 6.07) is 8.12. The van der Waals surface area contributed by atoms with E-state index in [-0.39, 0.29) is 6.61 Å². The molecule has 84 valence electrons. The van der Waals surface area contributed by atoms with Gasteiger partial charge in [0.15, 0.2) is 0 Å². The molecule has 0 saturated carbocycles. The van der Waals surface area contributed by atoms with Crippen LogP contribution in [0.4, 0.5) is 0 Å². The van der Waals surface area contributed by atoms with E-state index in [1.165, 1.54) is 5.56 Å². The number of hydrogen-bond donors (Lipinski definition) is 2. The molecule has 0 heterocycles. The van der Waals surface area contributed by atoms with Gasteiger partial charge in [-0.1, -0.05) is 25.1 Å². The van der Waals surface area contributed by atoms with Crippen LogP contribution in [0.3, 0.4) is 0 Å². The van der Waals surface area contributed by atoms with Crippen LogP contribution in [0.1, 0.15) is 12.5 Å². The number of aliphatic hydroxyl groups excluding tert-OH is 1. The summed E-state index contributed by atoms with van der Waals surface area (Å²) in [6.45, 7) is 4.68. The fourth-order valence-electron chi connectivity index (χ4n) is 1.42. The van der Waals surface area contributed by atoms with Crippen molar-refractivity contribution in [3.63, 3.8) is 0 Å². The predicted molar refractivity (Wildman–Crippen MR) is 60.1 cm³/mol. The van der Waals surface area contributed by atoms with Gasteiger partial charge in [-0.05, 0) is 18.1 Å². The molecule has 1 aromatic carbocycles. The van der Waals surface area contributed by atoms with E-state index in [1.54, 1.807) is 0 Å². The zero-order valence-corrected chi connectivity index (χ0v) is 9.28. The molecule has 0 saturated heterocycles. The van der Waals surface area contributed by atoms with E-state index in [0.717, 1.165) is 25.3 Å². The van der Waals surface area contributed by atoms with Gasteiger partial charge in [0.25, 0.3) is 0 Å². The molecular formula is C12H20NO2+. The van der Waals surface area contributed by atoms with Crippen molar-refractivity contribution in [1.82, 2.24) is 0 Å². The zero-order chi connectivity index (χ0) is 10.9. The number of aryl methyl sites for hydroxylation is 1. The third-order valence-corrected chi connectivity index (χ3v) is 2.27. The van der Waals surface area contributed by atoms with E-state index in [0.29, 0.717) is 6.61 Å². The van der Waals surface area contributed by atoms with Crippen molar-refractivity contribution in [2.24, 2.45) is 0 Å². The van der Waals surface area contributed by atoms with Crippen molar-refractivity contribution in [1.29, 1.82) is 0 Å². The topological polar surface area (TPSA) is 46.1 Å². The standard InChI is InChI=1S/C12H19NO2/c1-2-11-5-3-4-6-12(11)15-10-8-13-7-9-14/h3-6,13-14H,2,7-10H2,1H3/p+1. The highest BCUT2D eigenvalue weighted by Gasteiger charge is 2.00. The number of aliphatic hydroxyl groups is 1. The van der Waals surface area contributed by atoms with Gasteiger partial charge < -0.3 is 15.2 Å². The first-order valence-corrected chi connectivity index (χ1v) is 5.51. The second-order valence-electron chi connectivity index (χ2n) is 3.40. The van der Waals surface area contributed by atoms with Crippen LogP contribution in [-0.4, -0.2) is 31.4 Å². The summed E-state index contributed by atoms with van der Waals surface area (Å²) in [5.41, 5.74) is 1.25. The Labute approximate surface area is 91.1 Å². The maximum atomic E-state index is 8.59. The van der Waals surface area contributed by atoms with Crippen molar-refractivity contribution in [2.45, 2.75) is 13.3 Å². The maximum absolute atomic E-state index is 8.59. The Bertz CT molecular complexity index is 276. The first kappa shape index (κ1) is 12.0. The van der Waals surface area contributed by atoms with Gasteiger partial charge in [0.2, 0.25) is 0 Å². The van der Waals surface area contributed by atoms with Crippen molar-refractivity contribution >= 4 is 0 Å². The number of quaternary nitrogens is 1. The van der Waals surface area contributed by atoms with Gasteiger partial charge in [0.05, 0.1) is 13.2 Å². The van der Waals surface area contributed by atoms with Gasteiger partial charge in [0.1, 0.15) is 18.9 Å². The van der Waals surface area contributed by atoms with E-state index >= 15 is 0 Å². The van der Waals surface area contributed by atoms with Crippen LogP contribution in [0.5, 0.6) is 5.75 Å². The Hall–Kier alpha value is -1.06. The third-order valence-electron chi connectivity index (χ3n) is 2.27. The monoisotopic (exact) mass is 210 g/mol. The second-order valence-corrected chi connectivity index (χ2v) is 3.40. The van der Waals surface area contributed by atoms with Crippen LogP contribution in [0, 0.1) is 0 Å². The summed E-state index contributed by atoms with van der Waals surface area (Å²) in [7, 11) is 0. The highest BCUT2D eigenvalue weighted by Crippen LogP contribution is 2.17. The van der Waals surface area contributed by atoms with Crippen molar-refractivity contribution in [3.05, 3.63) is 29.8 Å². The van der Waals surface area contributed by atoms with E-state index in [4.69, 9.17) is 9.84 Å². The summed E-state index contributed by atoms with van der Waals surface area (Å²) in [6.07, 6.45) is 0.997. The first-order valence-electron chi connectivity index (χ1n) is 5.51. The molecule has 3 heteroatoms. The lowest BCUT2D eigenvalue weighted by Crippen LogP contribution is -2.86. The highest BCUT2D eigenvalue weighted by atomic mass is 16.5. The quantitative estimate of drug-likeness (QED) is 0.631. The lowest BCUT2D eigenvalue weighted by molar-refractivity contribution is -0.656. The maximum Gasteiger partial charge on any atom is 0.137 e. The molecule has 0 fully saturated rings. The molecule has 0 bridgehead atoms. The van der Waals surface area contributed by atoms with Gasteiger partial charge in [-0.25, -0.2) is 0 Å². The van der Waals surface area contributed by atoms with Gasteiger partial charge >= 0.3 is 0 Å². The van der Waals surface area contributed by atoms with Crippen molar-refractivity contribution in [2.75, 3.05) is 26.3 Å². The molecule has 0 radical (unpaired) electrons. The molecule has 0 unspecified atom stereocenters. The van der Waals surface area contributed by atoms with E-state index < -0.39 is 0 Å². The minimum Gasteiger partial charge on any atom is -0.487 e. The van der Waals surface area contributed by atoms with Crippen LogP contribution in [0.15, 0.2) is 24.3 Å². The van der Waals surface area contributed by atoms with Crippen LogP contribution in [-0.2, 0) is 6.42 Å². The highest BCUT2D eigenvalue weighted by molar-refractivity contribution is 5.33. The molecule has 0 aliphatic heterocycles. The second kappa shape index (κ2) is 7.26. The molecule has 3 N–H and O–H groups in total. The van der Waals surface area contributed by atoms with Gasteiger partial charge in [-0.15, -0.1) is 0 Å². The molecule has 1 rings (SSSR count). The van der Waals surface area contributed by atoms with Gasteiger partial charge in [0, 0.05) is 0 Å². The molecule has 1 aromatic rings. The Balaban J connectivity index is 2.30. The summed E-state index contributed by atoms with van der Waals surface area (Å²) in [4.78, 5) is 0. The largest absolute Gasteiger partial charge is 0.487 e. The number of hydrogen-bond acceptors (Lipinski definition) is 2. The summed E-state index contributed by atoms with van der Waals surface area (Å²) in [5, 5.41) is 10.6. The van der Waals surface area contributed by atoms with Crippen molar-refractivity contribution in [3.8, 4) is 5.75 Å². The SMILES string of the molecule is CCc1ccccc1OCC[NH2+]CCO. The zero-order valence-electron chi connectivity index (χ0n) is 9.28. The molecule has 0 aliphatic carbocycles. The fourth-order valence-corrected chi connectivity index (χ4v) is 1.42. The number of rotatable bonds is 7. The van der Waals surface area contributed by atoms with E-state index in [2.05, 4.69) is 18.3 Å². The number of benzene rings is 1. The molecule has 3 nitrogen and oxygen atoms in total. The molecule has 0 amide bonds. The smallest absolute Gasteiger partial charge is 0.137 e. The lowest BCUT2D eigenvalue weighted by Gasteiger charge is -2.09. The first-order chi connectivity index (χ1) is 7.38. The fraction of sp³-hybridized carbons (Fsp3) is 0.500. The average molecular weight is 210 g/mol. The van der Waals surface area contributed by atoms with Crippen LogP contribution < -0.4 is 10.1 Å². The minimum absolute atomic E-state index is 0.228. The number of para-hydroxylation sites is 1. The van der Waals surface area contributed by atoms with Gasteiger partial charge in [-0.2, -0.15) is 0 Å². The Kier molecular flexibility index (Phi) is 5.81.